The number of rotatable bonds is 39. The molecule has 0 aliphatic carbocycles. The fourth-order valence-electron chi connectivity index (χ4n) is 7.43. The molecule has 3 amide bonds. The third-order valence-electron chi connectivity index (χ3n) is 10.9. The van der Waals surface area contributed by atoms with Gasteiger partial charge >= 0.3 is 12.2 Å². The molecule has 0 fully saturated rings. The molecule has 0 saturated carbocycles. The molecule has 0 aromatic rings. The third kappa shape index (κ3) is 41.1. The first-order valence-corrected chi connectivity index (χ1v) is 25.4. The number of nitrogens with two attached hydrogens (primary N) is 1. The van der Waals surface area contributed by atoms with Crippen LogP contribution < -0.4 is 16.4 Å². The van der Waals surface area contributed by atoms with Crippen molar-refractivity contribution in [1.82, 2.24) is 20.4 Å². The fourth-order valence-corrected chi connectivity index (χ4v) is 7.43. The summed E-state index contributed by atoms with van der Waals surface area (Å²) in [5, 5.41) is 5.50. The topological polar surface area (TPSA) is 139 Å². The average Bonchev–Trinajstić information content (AvgIpc) is 3.18. The van der Waals surface area contributed by atoms with E-state index in [0.29, 0.717) is 19.5 Å². The van der Waals surface area contributed by atoms with Gasteiger partial charge in [0.1, 0.15) is 11.2 Å². The number of ether oxygens (including phenoxy) is 2. The largest absolute Gasteiger partial charge is 0.444 e. The molecule has 360 valence electrons. The predicted octanol–water partition coefficient (Wildman–Crippen LogP) is 12.8. The molecule has 0 atom stereocenters. The molecule has 61 heavy (non-hydrogen) atoms. The van der Waals surface area contributed by atoms with Crippen LogP contribution in [0.3, 0.4) is 0 Å². The first kappa shape index (κ1) is 58.3. The summed E-state index contributed by atoms with van der Waals surface area (Å²) in [7, 11) is 0. The van der Waals surface area contributed by atoms with Crippen LogP contribution in [0, 0.1) is 0 Å². The minimum Gasteiger partial charge on any atom is -0.444 e. The summed E-state index contributed by atoms with van der Waals surface area (Å²) >= 11 is 0. The number of carbonyl (C=O) groups excluding carboxylic acids is 3. The van der Waals surface area contributed by atoms with Gasteiger partial charge in [-0.3, -0.25) is 9.79 Å². The zero-order chi connectivity index (χ0) is 45.5. The molecule has 11 nitrogen and oxygen atoms in total. The lowest BCUT2D eigenvalue weighted by Gasteiger charge is -2.27. The van der Waals surface area contributed by atoms with Crippen molar-refractivity contribution in [1.29, 1.82) is 0 Å². The lowest BCUT2D eigenvalue weighted by atomic mass is 10.0. The predicted molar refractivity (Wildman–Crippen MR) is 258 cm³/mol. The van der Waals surface area contributed by atoms with Crippen LogP contribution in [0.4, 0.5) is 9.59 Å². The van der Waals surface area contributed by atoms with Crippen molar-refractivity contribution >= 4 is 24.1 Å². The van der Waals surface area contributed by atoms with Crippen LogP contribution in [-0.4, -0.2) is 90.9 Å². The van der Waals surface area contributed by atoms with Crippen LogP contribution >= 0.6 is 0 Å². The number of unbranched alkanes of at least 4 members (excludes halogenated alkanes) is 26. The van der Waals surface area contributed by atoms with E-state index in [-0.39, 0.29) is 31.5 Å². The molecule has 0 aliphatic rings. The number of hydrogen-bond acceptors (Lipinski definition) is 6. The van der Waals surface area contributed by atoms with Crippen molar-refractivity contribution in [3.8, 4) is 0 Å². The van der Waals surface area contributed by atoms with Crippen LogP contribution in [0.25, 0.3) is 0 Å². The molecule has 0 aromatic heterocycles. The Morgan fingerprint density at radius 3 is 1.13 bits per heavy atom. The Morgan fingerprint density at radius 1 is 0.459 bits per heavy atom. The summed E-state index contributed by atoms with van der Waals surface area (Å²) in [4.78, 5) is 46.7. The van der Waals surface area contributed by atoms with E-state index in [0.717, 1.165) is 38.8 Å². The summed E-state index contributed by atoms with van der Waals surface area (Å²) in [6.07, 6.45) is 36.0. The minimum atomic E-state index is -0.610. The second kappa shape index (κ2) is 38.9. The summed E-state index contributed by atoms with van der Waals surface area (Å²) in [5.74, 6) is 0.393. The second-order valence-electron chi connectivity index (χ2n) is 19.4. The number of carbonyl (C=O) groups is 3. The van der Waals surface area contributed by atoms with Gasteiger partial charge in [-0.05, 0) is 54.4 Å². The van der Waals surface area contributed by atoms with Gasteiger partial charge in [-0.1, -0.05) is 181 Å². The average molecular weight is 865 g/mol. The van der Waals surface area contributed by atoms with E-state index < -0.39 is 23.4 Å². The Balaban J connectivity index is 5.13. The summed E-state index contributed by atoms with van der Waals surface area (Å²) < 4.78 is 10.7. The SMILES string of the molecule is CCCCCCCCCCCCCCCCN(CCCCCCCCCCCCCCCC)C(=O)CCN(CCNC(=O)OC(C)(C)C)C(N)=NCCNC(=O)OC(C)(C)C. The number of hydrogen-bond donors (Lipinski definition) is 3. The second-order valence-corrected chi connectivity index (χ2v) is 19.4. The molecular formula is C50H100N6O5. The summed E-state index contributed by atoms with van der Waals surface area (Å²) in [5.41, 5.74) is 5.27. The van der Waals surface area contributed by atoms with E-state index in [2.05, 4.69) is 34.4 Å². The van der Waals surface area contributed by atoms with Crippen molar-refractivity contribution in [2.75, 3.05) is 45.8 Å². The summed E-state index contributed by atoms with van der Waals surface area (Å²) in [6.45, 7) is 18.6. The van der Waals surface area contributed by atoms with Crippen LogP contribution in [-0.2, 0) is 14.3 Å². The van der Waals surface area contributed by atoms with E-state index in [1.807, 2.05) is 46.4 Å². The van der Waals surface area contributed by atoms with Gasteiger partial charge in [0.25, 0.3) is 0 Å². The summed E-state index contributed by atoms with van der Waals surface area (Å²) in [6, 6.07) is 0. The number of amides is 3. The maximum atomic E-state index is 13.9. The zero-order valence-corrected chi connectivity index (χ0v) is 41.4. The van der Waals surface area contributed by atoms with Crippen LogP contribution in [0.1, 0.15) is 242 Å². The van der Waals surface area contributed by atoms with E-state index >= 15 is 0 Å². The van der Waals surface area contributed by atoms with E-state index in [9.17, 15) is 14.4 Å². The maximum Gasteiger partial charge on any atom is 0.407 e. The van der Waals surface area contributed by atoms with Crippen LogP contribution in [0.15, 0.2) is 4.99 Å². The third-order valence-corrected chi connectivity index (χ3v) is 10.9. The highest BCUT2D eigenvalue weighted by atomic mass is 16.6. The van der Waals surface area contributed by atoms with Crippen molar-refractivity contribution in [2.24, 2.45) is 10.7 Å². The highest BCUT2D eigenvalue weighted by Gasteiger charge is 2.19. The minimum absolute atomic E-state index is 0.133. The first-order chi connectivity index (χ1) is 29.2. The first-order valence-electron chi connectivity index (χ1n) is 25.4. The molecule has 0 aromatic carbocycles. The van der Waals surface area contributed by atoms with Gasteiger partial charge < -0.3 is 35.6 Å². The molecule has 0 heterocycles. The van der Waals surface area contributed by atoms with Gasteiger partial charge in [0, 0.05) is 45.7 Å². The molecule has 0 bridgehead atoms. The molecule has 0 radical (unpaired) electrons. The van der Waals surface area contributed by atoms with Gasteiger partial charge in [0.2, 0.25) is 5.91 Å². The maximum absolute atomic E-state index is 13.9. The van der Waals surface area contributed by atoms with Crippen LogP contribution in [0.5, 0.6) is 0 Å². The molecule has 0 saturated heterocycles. The standard InChI is InChI=1S/C50H100N6O5/c1-9-11-13-15-17-19-21-23-25-27-29-31-33-35-41-55(42-36-34-32-30-28-26-24-22-20-18-16-14-12-10-2)45(57)37-43-56(44-40-54-48(59)61-50(6,7)8)46(51)52-38-39-53-47(58)60-49(3,4)5/h9-44H2,1-8H3,(H2,51,52)(H,53,58)(H,54,59). The van der Waals surface area contributed by atoms with Crippen molar-refractivity contribution < 1.29 is 23.9 Å². The monoisotopic (exact) mass is 865 g/mol. The van der Waals surface area contributed by atoms with Crippen LogP contribution in [0.2, 0.25) is 0 Å². The van der Waals surface area contributed by atoms with E-state index in [1.54, 1.807) is 0 Å². The molecule has 0 unspecified atom stereocenters. The van der Waals surface area contributed by atoms with Gasteiger partial charge in [-0.15, -0.1) is 0 Å². The highest BCUT2D eigenvalue weighted by molar-refractivity contribution is 5.80. The van der Waals surface area contributed by atoms with Crippen molar-refractivity contribution in [3.63, 3.8) is 0 Å². The van der Waals surface area contributed by atoms with Crippen molar-refractivity contribution in [3.05, 3.63) is 0 Å². The number of aliphatic imine (C=N–C) groups is 1. The van der Waals surface area contributed by atoms with Crippen molar-refractivity contribution in [2.45, 2.75) is 253 Å². The Hall–Kier alpha value is -2.72. The Bertz CT molecular complexity index is 1060. The lowest BCUT2D eigenvalue weighted by molar-refractivity contribution is -0.131. The number of nitrogens with zero attached hydrogens (tertiary/aromatic N) is 3. The zero-order valence-electron chi connectivity index (χ0n) is 41.4. The molecule has 4 N–H and O–H groups in total. The quantitative estimate of drug-likeness (QED) is 0.0318. The van der Waals surface area contributed by atoms with Gasteiger partial charge in [-0.2, -0.15) is 0 Å². The molecular weight excluding hydrogens is 765 g/mol. The van der Waals surface area contributed by atoms with Gasteiger partial charge in [0.15, 0.2) is 5.96 Å². The fraction of sp³-hybridized carbons (Fsp3) is 0.920. The lowest BCUT2D eigenvalue weighted by Crippen LogP contribution is -2.45. The molecule has 0 rings (SSSR count). The Kier molecular flexibility index (Phi) is 37.2. The number of nitrogens with one attached hydrogen (secondary N) is 2. The van der Waals surface area contributed by atoms with E-state index in [1.165, 1.54) is 154 Å². The Labute approximate surface area is 376 Å². The van der Waals surface area contributed by atoms with E-state index in [4.69, 9.17) is 15.2 Å². The smallest absolute Gasteiger partial charge is 0.407 e. The number of guanidine groups is 1. The Morgan fingerprint density at radius 2 is 0.787 bits per heavy atom. The molecule has 0 aliphatic heterocycles. The highest BCUT2D eigenvalue weighted by Crippen LogP contribution is 2.16. The van der Waals surface area contributed by atoms with Gasteiger partial charge in [-0.25, -0.2) is 9.59 Å². The number of alkyl carbamates (subject to hydrolysis) is 2. The molecule has 0 spiro atoms. The normalized spacial score (nSPS) is 12.0. The van der Waals surface area contributed by atoms with Gasteiger partial charge in [0.05, 0.1) is 6.54 Å². The molecule has 11 heteroatoms.